The van der Waals surface area contributed by atoms with Crippen molar-refractivity contribution in [3.8, 4) is 11.3 Å². The standard InChI is InChI=1S/C16H10O2/c1-2-6-14-11(4-1)10-16(18-14)12-5-3-7-15-13(12)8-9-17-15/h1-10H. The van der Waals surface area contributed by atoms with Gasteiger partial charge in [-0.15, -0.1) is 0 Å². The van der Waals surface area contributed by atoms with Gasteiger partial charge in [-0.05, 0) is 24.3 Å². The molecule has 2 heteroatoms. The van der Waals surface area contributed by atoms with E-state index >= 15 is 0 Å². The second kappa shape index (κ2) is 3.50. The molecule has 4 aromatic rings. The van der Waals surface area contributed by atoms with E-state index in [1.54, 1.807) is 6.26 Å². The number of para-hydroxylation sites is 1. The molecular weight excluding hydrogens is 224 g/mol. The summed E-state index contributed by atoms with van der Waals surface area (Å²) in [4.78, 5) is 0. The summed E-state index contributed by atoms with van der Waals surface area (Å²) in [5, 5.41) is 2.20. The van der Waals surface area contributed by atoms with Crippen LogP contribution in [0.15, 0.2) is 69.7 Å². The van der Waals surface area contributed by atoms with Gasteiger partial charge in [0.15, 0.2) is 0 Å². The molecule has 0 N–H and O–H groups in total. The van der Waals surface area contributed by atoms with E-state index in [4.69, 9.17) is 8.83 Å². The molecule has 2 heterocycles. The van der Waals surface area contributed by atoms with Gasteiger partial charge in [0.05, 0.1) is 6.26 Å². The first-order valence-electron chi connectivity index (χ1n) is 5.87. The largest absolute Gasteiger partial charge is 0.464 e. The van der Waals surface area contributed by atoms with E-state index < -0.39 is 0 Å². The fourth-order valence-corrected chi connectivity index (χ4v) is 2.32. The lowest BCUT2D eigenvalue weighted by Crippen LogP contribution is -1.73. The summed E-state index contributed by atoms with van der Waals surface area (Å²) in [5.41, 5.74) is 2.86. The normalized spacial score (nSPS) is 11.3. The molecule has 2 aromatic heterocycles. The average molecular weight is 234 g/mol. The van der Waals surface area contributed by atoms with Crippen LogP contribution in [0.1, 0.15) is 0 Å². The Kier molecular flexibility index (Phi) is 1.86. The fraction of sp³-hybridized carbons (Fsp3) is 0. The molecule has 2 nitrogen and oxygen atoms in total. The summed E-state index contributed by atoms with van der Waals surface area (Å²) >= 11 is 0. The molecule has 0 unspecified atom stereocenters. The first kappa shape index (κ1) is 9.54. The van der Waals surface area contributed by atoms with Crippen LogP contribution in [0.2, 0.25) is 0 Å². The number of hydrogen-bond acceptors (Lipinski definition) is 2. The van der Waals surface area contributed by atoms with E-state index in [0.29, 0.717) is 0 Å². The molecule has 2 aromatic carbocycles. The van der Waals surface area contributed by atoms with E-state index in [-0.39, 0.29) is 0 Å². The van der Waals surface area contributed by atoms with Crippen LogP contribution in [0, 0.1) is 0 Å². The Labute approximate surface area is 103 Å². The van der Waals surface area contributed by atoms with Crippen molar-refractivity contribution in [2.24, 2.45) is 0 Å². The monoisotopic (exact) mass is 234 g/mol. The maximum atomic E-state index is 5.89. The van der Waals surface area contributed by atoms with Gasteiger partial charge in [0.2, 0.25) is 0 Å². The van der Waals surface area contributed by atoms with Crippen molar-refractivity contribution in [3.05, 3.63) is 60.9 Å². The second-order valence-electron chi connectivity index (χ2n) is 4.29. The molecule has 0 spiro atoms. The predicted octanol–water partition coefficient (Wildman–Crippen LogP) is 4.85. The minimum atomic E-state index is 0.878. The predicted molar refractivity (Wildman–Crippen MR) is 71.4 cm³/mol. The summed E-state index contributed by atoms with van der Waals surface area (Å²) in [5.74, 6) is 0.878. The molecule has 0 aliphatic carbocycles. The third-order valence-electron chi connectivity index (χ3n) is 3.19. The zero-order valence-corrected chi connectivity index (χ0v) is 9.59. The Bertz CT molecular complexity index is 803. The van der Waals surface area contributed by atoms with Gasteiger partial charge >= 0.3 is 0 Å². The summed E-state index contributed by atoms with van der Waals surface area (Å²) in [6.45, 7) is 0. The van der Waals surface area contributed by atoms with Crippen LogP contribution in [-0.4, -0.2) is 0 Å². The lowest BCUT2D eigenvalue weighted by Gasteiger charge is -1.97. The van der Waals surface area contributed by atoms with Gasteiger partial charge in [0, 0.05) is 16.3 Å². The number of hydrogen-bond donors (Lipinski definition) is 0. The summed E-state index contributed by atoms with van der Waals surface area (Å²) in [6, 6.07) is 18.1. The molecule has 0 aliphatic rings. The number of benzene rings is 2. The SMILES string of the molecule is c1ccc2oc(-c3cccc4occc34)cc2c1. The molecule has 4 rings (SSSR count). The molecule has 0 saturated carbocycles. The van der Waals surface area contributed by atoms with E-state index in [0.717, 1.165) is 33.3 Å². The third kappa shape index (κ3) is 1.29. The summed E-state index contributed by atoms with van der Waals surface area (Å²) in [6.07, 6.45) is 1.71. The van der Waals surface area contributed by atoms with Crippen molar-refractivity contribution in [1.29, 1.82) is 0 Å². The van der Waals surface area contributed by atoms with E-state index in [9.17, 15) is 0 Å². The molecule has 86 valence electrons. The van der Waals surface area contributed by atoms with Gasteiger partial charge in [0.1, 0.15) is 16.9 Å². The van der Waals surface area contributed by atoms with E-state index in [2.05, 4.69) is 18.2 Å². The first-order valence-corrected chi connectivity index (χ1v) is 5.87. The molecule has 0 radical (unpaired) electrons. The maximum absolute atomic E-state index is 5.89. The van der Waals surface area contributed by atoms with Crippen molar-refractivity contribution >= 4 is 21.9 Å². The van der Waals surface area contributed by atoms with E-state index in [1.807, 2.05) is 36.4 Å². The van der Waals surface area contributed by atoms with Crippen LogP contribution in [0.25, 0.3) is 33.3 Å². The van der Waals surface area contributed by atoms with Crippen molar-refractivity contribution in [1.82, 2.24) is 0 Å². The van der Waals surface area contributed by atoms with Crippen molar-refractivity contribution in [3.63, 3.8) is 0 Å². The zero-order chi connectivity index (χ0) is 11.9. The van der Waals surface area contributed by atoms with Gasteiger partial charge in [-0.3, -0.25) is 0 Å². The minimum absolute atomic E-state index is 0.878. The Morgan fingerprint density at radius 3 is 2.61 bits per heavy atom. The van der Waals surface area contributed by atoms with Gasteiger partial charge in [-0.25, -0.2) is 0 Å². The highest BCUT2D eigenvalue weighted by Gasteiger charge is 2.10. The lowest BCUT2D eigenvalue weighted by molar-refractivity contribution is 0.615. The highest BCUT2D eigenvalue weighted by atomic mass is 16.3. The summed E-state index contributed by atoms with van der Waals surface area (Å²) in [7, 11) is 0. The van der Waals surface area contributed by atoms with Crippen LogP contribution < -0.4 is 0 Å². The Hall–Kier alpha value is -2.48. The third-order valence-corrected chi connectivity index (χ3v) is 3.19. The van der Waals surface area contributed by atoms with Crippen molar-refractivity contribution in [2.45, 2.75) is 0 Å². The number of furan rings is 2. The van der Waals surface area contributed by atoms with Crippen molar-refractivity contribution in [2.75, 3.05) is 0 Å². The second-order valence-corrected chi connectivity index (χ2v) is 4.29. The fourth-order valence-electron chi connectivity index (χ4n) is 2.32. The highest BCUT2D eigenvalue weighted by molar-refractivity contribution is 5.95. The Morgan fingerprint density at radius 2 is 1.67 bits per heavy atom. The number of rotatable bonds is 1. The molecule has 18 heavy (non-hydrogen) atoms. The molecule has 0 atom stereocenters. The van der Waals surface area contributed by atoms with E-state index in [1.165, 1.54) is 0 Å². The zero-order valence-electron chi connectivity index (χ0n) is 9.59. The molecule has 0 saturated heterocycles. The minimum Gasteiger partial charge on any atom is -0.464 e. The van der Waals surface area contributed by atoms with Crippen LogP contribution in [0.5, 0.6) is 0 Å². The van der Waals surface area contributed by atoms with Gasteiger partial charge in [-0.2, -0.15) is 0 Å². The molecule has 0 aliphatic heterocycles. The van der Waals surface area contributed by atoms with Gasteiger partial charge in [0.25, 0.3) is 0 Å². The van der Waals surface area contributed by atoms with Gasteiger partial charge < -0.3 is 8.83 Å². The Balaban J connectivity index is 2.04. The maximum Gasteiger partial charge on any atom is 0.136 e. The smallest absolute Gasteiger partial charge is 0.136 e. The molecule has 0 fully saturated rings. The number of fused-ring (bicyclic) bond motifs is 2. The van der Waals surface area contributed by atoms with Crippen LogP contribution in [0.4, 0.5) is 0 Å². The molecule has 0 bridgehead atoms. The van der Waals surface area contributed by atoms with Crippen molar-refractivity contribution < 1.29 is 8.83 Å². The van der Waals surface area contributed by atoms with Gasteiger partial charge in [-0.1, -0.05) is 30.3 Å². The quantitative estimate of drug-likeness (QED) is 0.470. The molecule has 0 amide bonds. The van der Waals surface area contributed by atoms with Crippen LogP contribution >= 0.6 is 0 Å². The topological polar surface area (TPSA) is 26.3 Å². The van der Waals surface area contributed by atoms with Crippen LogP contribution in [0.3, 0.4) is 0 Å². The highest BCUT2D eigenvalue weighted by Crippen LogP contribution is 2.33. The summed E-state index contributed by atoms with van der Waals surface area (Å²) < 4.78 is 11.3. The molecular formula is C16H10O2. The first-order chi connectivity index (χ1) is 8.92. The average Bonchev–Trinajstić information content (AvgIpc) is 3.04. The lowest BCUT2D eigenvalue weighted by atomic mass is 10.1. The Morgan fingerprint density at radius 1 is 0.778 bits per heavy atom. The van der Waals surface area contributed by atoms with Crippen LogP contribution in [-0.2, 0) is 0 Å².